The topological polar surface area (TPSA) is 33.4 Å². The SMILES string of the molecule is CCC(O)CCc1cc2cc(C)ccc2o1. The summed E-state index contributed by atoms with van der Waals surface area (Å²) in [6, 6.07) is 8.25. The molecule has 86 valence electrons. The minimum absolute atomic E-state index is 0.213. The van der Waals surface area contributed by atoms with Crippen LogP contribution in [0.3, 0.4) is 0 Å². The summed E-state index contributed by atoms with van der Waals surface area (Å²) in [7, 11) is 0. The predicted molar refractivity (Wildman–Crippen MR) is 65.6 cm³/mol. The van der Waals surface area contributed by atoms with E-state index in [4.69, 9.17) is 4.42 Å². The number of hydrogen-bond donors (Lipinski definition) is 1. The van der Waals surface area contributed by atoms with Crippen LogP contribution in [0.1, 0.15) is 31.1 Å². The first-order valence-corrected chi connectivity index (χ1v) is 5.86. The van der Waals surface area contributed by atoms with E-state index in [0.717, 1.165) is 36.0 Å². The number of rotatable bonds is 4. The lowest BCUT2D eigenvalue weighted by Crippen LogP contribution is -2.05. The fourth-order valence-electron chi connectivity index (χ4n) is 1.85. The summed E-state index contributed by atoms with van der Waals surface area (Å²) in [5.74, 6) is 0.966. The molecule has 2 aromatic rings. The number of aryl methyl sites for hydroxylation is 2. The van der Waals surface area contributed by atoms with Crippen LogP contribution in [0.4, 0.5) is 0 Å². The highest BCUT2D eigenvalue weighted by molar-refractivity contribution is 5.78. The maximum absolute atomic E-state index is 9.50. The summed E-state index contributed by atoms with van der Waals surface area (Å²) < 4.78 is 5.71. The van der Waals surface area contributed by atoms with Gasteiger partial charge in [-0.2, -0.15) is 0 Å². The average molecular weight is 218 g/mol. The highest BCUT2D eigenvalue weighted by Gasteiger charge is 2.06. The maximum Gasteiger partial charge on any atom is 0.134 e. The van der Waals surface area contributed by atoms with E-state index < -0.39 is 0 Å². The van der Waals surface area contributed by atoms with Crippen LogP contribution in [-0.4, -0.2) is 11.2 Å². The summed E-state index contributed by atoms with van der Waals surface area (Å²) in [5.41, 5.74) is 2.18. The van der Waals surface area contributed by atoms with Gasteiger partial charge in [-0.3, -0.25) is 0 Å². The van der Waals surface area contributed by atoms with Gasteiger partial charge in [-0.05, 0) is 38.0 Å². The summed E-state index contributed by atoms with van der Waals surface area (Å²) in [5, 5.41) is 10.7. The lowest BCUT2D eigenvalue weighted by atomic mass is 10.1. The zero-order valence-corrected chi connectivity index (χ0v) is 9.86. The lowest BCUT2D eigenvalue weighted by molar-refractivity contribution is 0.158. The van der Waals surface area contributed by atoms with Crippen LogP contribution in [0.25, 0.3) is 11.0 Å². The molecule has 0 aliphatic rings. The van der Waals surface area contributed by atoms with Gasteiger partial charge in [0.25, 0.3) is 0 Å². The second kappa shape index (κ2) is 4.71. The molecule has 1 N–H and O–H groups in total. The molecule has 2 rings (SSSR count). The minimum atomic E-state index is -0.213. The van der Waals surface area contributed by atoms with Crippen molar-refractivity contribution >= 4 is 11.0 Å². The van der Waals surface area contributed by atoms with Crippen LogP contribution in [-0.2, 0) is 6.42 Å². The molecule has 0 aliphatic carbocycles. The zero-order valence-electron chi connectivity index (χ0n) is 9.86. The van der Waals surface area contributed by atoms with E-state index in [-0.39, 0.29) is 6.10 Å². The van der Waals surface area contributed by atoms with E-state index >= 15 is 0 Å². The third-order valence-electron chi connectivity index (χ3n) is 2.92. The normalized spacial score (nSPS) is 13.2. The van der Waals surface area contributed by atoms with E-state index in [1.54, 1.807) is 0 Å². The molecule has 2 heteroatoms. The Morgan fingerprint density at radius 3 is 2.88 bits per heavy atom. The van der Waals surface area contributed by atoms with Gasteiger partial charge in [-0.1, -0.05) is 18.6 Å². The van der Waals surface area contributed by atoms with E-state index in [2.05, 4.69) is 25.1 Å². The average Bonchev–Trinajstić information content (AvgIpc) is 2.67. The molecule has 1 aromatic carbocycles. The van der Waals surface area contributed by atoms with Crippen molar-refractivity contribution in [3.05, 3.63) is 35.6 Å². The lowest BCUT2D eigenvalue weighted by Gasteiger charge is -2.04. The van der Waals surface area contributed by atoms with E-state index in [9.17, 15) is 5.11 Å². The van der Waals surface area contributed by atoms with Gasteiger partial charge in [0.1, 0.15) is 11.3 Å². The van der Waals surface area contributed by atoms with Crippen molar-refractivity contribution < 1.29 is 9.52 Å². The van der Waals surface area contributed by atoms with Crippen molar-refractivity contribution in [1.29, 1.82) is 0 Å². The van der Waals surface area contributed by atoms with Crippen LogP contribution in [0.15, 0.2) is 28.7 Å². The zero-order chi connectivity index (χ0) is 11.5. The van der Waals surface area contributed by atoms with Gasteiger partial charge in [0.15, 0.2) is 0 Å². The third kappa shape index (κ3) is 2.45. The Labute approximate surface area is 95.9 Å². The van der Waals surface area contributed by atoms with Crippen molar-refractivity contribution in [1.82, 2.24) is 0 Å². The van der Waals surface area contributed by atoms with Crippen molar-refractivity contribution in [2.75, 3.05) is 0 Å². The first kappa shape index (κ1) is 11.2. The molecule has 1 unspecified atom stereocenters. The molecular formula is C14H18O2. The molecule has 0 aliphatic heterocycles. The smallest absolute Gasteiger partial charge is 0.134 e. The minimum Gasteiger partial charge on any atom is -0.461 e. The molecule has 0 amide bonds. The predicted octanol–water partition coefficient (Wildman–Crippen LogP) is 3.44. The number of hydrogen-bond acceptors (Lipinski definition) is 2. The molecule has 1 aromatic heterocycles. The molecule has 0 spiro atoms. The second-order valence-electron chi connectivity index (χ2n) is 4.35. The Bertz CT molecular complexity index is 471. The van der Waals surface area contributed by atoms with Gasteiger partial charge >= 0.3 is 0 Å². The molecule has 0 bridgehead atoms. The maximum atomic E-state index is 9.50. The first-order valence-electron chi connectivity index (χ1n) is 5.86. The van der Waals surface area contributed by atoms with Gasteiger partial charge in [0.05, 0.1) is 6.10 Å². The molecule has 1 heterocycles. The van der Waals surface area contributed by atoms with E-state index in [1.165, 1.54) is 5.56 Å². The van der Waals surface area contributed by atoms with Gasteiger partial charge in [-0.25, -0.2) is 0 Å². The third-order valence-corrected chi connectivity index (χ3v) is 2.92. The van der Waals surface area contributed by atoms with Crippen LogP contribution >= 0.6 is 0 Å². The van der Waals surface area contributed by atoms with Crippen molar-refractivity contribution in [3.63, 3.8) is 0 Å². The largest absolute Gasteiger partial charge is 0.461 e. The Kier molecular flexibility index (Phi) is 3.30. The van der Waals surface area contributed by atoms with Crippen LogP contribution in [0.5, 0.6) is 0 Å². The monoisotopic (exact) mass is 218 g/mol. The highest BCUT2D eigenvalue weighted by atomic mass is 16.3. The van der Waals surface area contributed by atoms with Gasteiger partial charge < -0.3 is 9.52 Å². The summed E-state index contributed by atoms with van der Waals surface area (Å²) in [6.45, 7) is 4.07. The Morgan fingerprint density at radius 1 is 1.31 bits per heavy atom. The standard InChI is InChI=1S/C14H18O2/c1-3-12(15)5-6-13-9-11-8-10(2)4-7-14(11)16-13/h4,7-9,12,15H,3,5-6H2,1-2H3. The highest BCUT2D eigenvalue weighted by Crippen LogP contribution is 2.21. The van der Waals surface area contributed by atoms with Gasteiger partial charge in [0, 0.05) is 11.8 Å². The Hall–Kier alpha value is -1.28. The number of benzene rings is 1. The molecule has 0 saturated heterocycles. The van der Waals surface area contributed by atoms with Crippen molar-refractivity contribution in [2.45, 2.75) is 39.2 Å². The fraction of sp³-hybridized carbons (Fsp3) is 0.429. The molecule has 1 atom stereocenters. The molecular weight excluding hydrogens is 200 g/mol. The molecule has 0 fully saturated rings. The van der Waals surface area contributed by atoms with Crippen molar-refractivity contribution in [3.8, 4) is 0 Å². The number of furan rings is 1. The molecule has 0 radical (unpaired) electrons. The summed E-state index contributed by atoms with van der Waals surface area (Å²) in [6.07, 6.45) is 2.17. The van der Waals surface area contributed by atoms with Crippen LogP contribution in [0, 0.1) is 6.92 Å². The molecule has 0 saturated carbocycles. The quantitative estimate of drug-likeness (QED) is 0.852. The Morgan fingerprint density at radius 2 is 2.12 bits per heavy atom. The van der Waals surface area contributed by atoms with Gasteiger partial charge in [-0.15, -0.1) is 0 Å². The second-order valence-corrected chi connectivity index (χ2v) is 4.35. The number of aliphatic hydroxyl groups excluding tert-OH is 1. The first-order chi connectivity index (χ1) is 7.69. The van der Waals surface area contributed by atoms with Crippen LogP contribution in [0.2, 0.25) is 0 Å². The Balaban J connectivity index is 2.13. The van der Waals surface area contributed by atoms with E-state index in [0.29, 0.717) is 0 Å². The summed E-state index contributed by atoms with van der Waals surface area (Å²) in [4.78, 5) is 0. The molecule has 16 heavy (non-hydrogen) atoms. The molecule has 2 nitrogen and oxygen atoms in total. The van der Waals surface area contributed by atoms with E-state index in [1.807, 2.05) is 13.0 Å². The van der Waals surface area contributed by atoms with Crippen molar-refractivity contribution in [2.24, 2.45) is 0 Å². The number of fused-ring (bicyclic) bond motifs is 1. The summed E-state index contributed by atoms with van der Waals surface area (Å²) >= 11 is 0. The van der Waals surface area contributed by atoms with Crippen LogP contribution < -0.4 is 0 Å². The number of aliphatic hydroxyl groups is 1. The fourth-order valence-corrected chi connectivity index (χ4v) is 1.85. The van der Waals surface area contributed by atoms with Gasteiger partial charge in [0.2, 0.25) is 0 Å².